The number of sulfonamides is 1. The van der Waals surface area contributed by atoms with Crippen LogP contribution in [0.3, 0.4) is 0 Å². The largest absolute Gasteiger partial charge is 0.497 e. The van der Waals surface area contributed by atoms with Crippen molar-refractivity contribution < 1.29 is 22.7 Å². The lowest BCUT2D eigenvalue weighted by atomic mass is 10.2. The molecular weight excluding hydrogens is 427 g/mol. The summed E-state index contributed by atoms with van der Waals surface area (Å²) in [5, 5.41) is 2.69. The van der Waals surface area contributed by atoms with Crippen LogP contribution in [-0.4, -0.2) is 52.0 Å². The van der Waals surface area contributed by atoms with Crippen molar-refractivity contribution in [2.45, 2.75) is 4.90 Å². The zero-order valence-corrected chi connectivity index (χ0v) is 17.3. The van der Waals surface area contributed by atoms with Crippen molar-refractivity contribution in [3.05, 3.63) is 52.0 Å². The third-order valence-electron chi connectivity index (χ3n) is 4.20. The predicted octanol–water partition coefficient (Wildman–Crippen LogP) is 3.28. The molecule has 0 radical (unpaired) electrons. The molecule has 2 aromatic carbocycles. The standard InChI is InChI=1S/C18H18Cl2N2O5S/c1-26-13-4-2-12(3-5-13)21-18(23)14-10-17(16(20)11-15(14)19)28(24,25)22-6-8-27-9-7-22/h2-5,10-11H,6-9H2,1H3,(H,21,23). The number of carbonyl (C=O) groups is 1. The first kappa shape index (κ1) is 20.9. The number of methoxy groups -OCH3 is 1. The summed E-state index contributed by atoms with van der Waals surface area (Å²) in [5.41, 5.74) is 0.517. The van der Waals surface area contributed by atoms with Crippen LogP contribution in [0.15, 0.2) is 41.3 Å². The first-order valence-electron chi connectivity index (χ1n) is 8.35. The van der Waals surface area contributed by atoms with Crippen LogP contribution in [0.25, 0.3) is 0 Å². The molecule has 0 aliphatic carbocycles. The molecule has 10 heteroatoms. The van der Waals surface area contributed by atoms with Crippen LogP contribution >= 0.6 is 23.2 Å². The van der Waals surface area contributed by atoms with Crippen molar-refractivity contribution in [3.63, 3.8) is 0 Å². The van der Waals surface area contributed by atoms with E-state index < -0.39 is 15.9 Å². The van der Waals surface area contributed by atoms with Crippen LogP contribution in [0, 0.1) is 0 Å². The molecule has 0 unspecified atom stereocenters. The van der Waals surface area contributed by atoms with Gasteiger partial charge in [-0.15, -0.1) is 0 Å². The van der Waals surface area contributed by atoms with Crippen molar-refractivity contribution in [2.24, 2.45) is 0 Å². The minimum absolute atomic E-state index is 0.00807. The third kappa shape index (κ3) is 4.42. The first-order valence-corrected chi connectivity index (χ1v) is 10.5. The van der Waals surface area contributed by atoms with Gasteiger partial charge in [0.15, 0.2) is 0 Å². The highest BCUT2D eigenvalue weighted by Gasteiger charge is 2.30. The van der Waals surface area contributed by atoms with Crippen LogP contribution in [-0.2, 0) is 14.8 Å². The number of anilines is 1. The average molecular weight is 445 g/mol. The maximum Gasteiger partial charge on any atom is 0.257 e. The molecular formula is C18H18Cl2N2O5S. The Kier molecular flexibility index (Phi) is 6.47. The smallest absolute Gasteiger partial charge is 0.257 e. The monoisotopic (exact) mass is 444 g/mol. The SMILES string of the molecule is COc1ccc(NC(=O)c2cc(S(=O)(=O)N3CCOCC3)c(Cl)cc2Cl)cc1. The van der Waals surface area contributed by atoms with E-state index >= 15 is 0 Å². The van der Waals surface area contributed by atoms with Gasteiger partial charge >= 0.3 is 0 Å². The number of benzene rings is 2. The summed E-state index contributed by atoms with van der Waals surface area (Å²) < 4.78 is 37.4. The van der Waals surface area contributed by atoms with E-state index in [4.69, 9.17) is 32.7 Å². The molecule has 0 atom stereocenters. The summed E-state index contributed by atoms with van der Waals surface area (Å²) in [6.45, 7) is 1.04. The molecule has 1 saturated heterocycles. The van der Waals surface area contributed by atoms with Crippen LogP contribution in [0.5, 0.6) is 5.75 Å². The first-order chi connectivity index (χ1) is 13.3. The van der Waals surface area contributed by atoms with Crippen molar-refractivity contribution in [2.75, 3.05) is 38.7 Å². The Labute approximate surface area is 173 Å². The lowest BCUT2D eigenvalue weighted by Crippen LogP contribution is -2.40. The van der Waals surface area contributed by atoms with E-state index in [1.54, 1.807) is 24.3 Å². The second kappa shape index (κ2) is 8.67. The quantitative estimate of drug-likeness (QED) is 0.764. The van der Waals surface area contributed by atoms with E-state index in [1.165, 1.54) is 23.5 Å². The molecule has 0 bridgehead atoms. The Hall–Kier alpha value is -1.84. The fraction of sp³-hybridized carbons (Fsp3) is 0.278. The maximum absolute atomic E-state index is 12.9. The van der Waals surface area contributed by atoms with Crippen molar-refractivity contribution in [3.8, 4) is 5.75 Å². The molecule has 2 aromatic rings. The van der Waals surface area contributed by atoms with Gasteiger partial charge in [0.25, 0.3) is 5.91 Å². The molecule has 1 heterocycles. The number of carbonyl (C=O) groups excluding carboxylic acids is 1. The molecule has 7 nitrogen and oxygen atoms in total. The number of nitrogens with one attached hydrogen (secondary N) is 1. The summed E-state index contributed by atoms with van der Waals surface area (Å²) in [6.07, 6.45) is 0. The van der Waals surface area contributed by atoms with Gasteiger partial charge in [0.05, 0.1) is 35.9 Å². The Balaban J connectivity index is 1.90. The highest BCUT2D eigenvalue weighted by molar-refractivity contribution is 7.89. The van der Waals surface area contributed by atoms with Crippen molar-refractivity contribution in [1.29, 1.82) is 0 Å². The number of amides is 1. The number of nitrogens with zero attached hydrogens (tertiary/aromatic N) is 1. The molecule has 1 aliphatic rings. The molecule has 1 amide bonds. The maximum atomic E-state index is 12.9. The molecule has 1 fully saturated rings. The van der Waals surface area contributed by atoms with Gasteiger partial charge in [-0.2, -0.15) is 4.31 Å². The number of halogens is 2. The average Bonchev–Trinajstić information content (AvgIpc) is 2.69. The van der Waals surface area contributed by atoms with Gasteiger partial charge in [0, 0.05) is 18.8 Å². The molecule has 1 aliphatic heterocycles. The van der Waals surface area contributed by atoms with Crippen molar-refractivity contribution >= 4 is 44.8 Å². The van der Waals surface area contributed by atoms with E-state index in [-0.39, 0.29) is 33.6 Å². The molecule has 3 rings (SSSR count). The zero-order chi connectivity index (χ0) is 20.3. The van der Waals surface area contributed by atoms with Gasteiger partial charge < -0.3 is 14.8 Å². The minimum Gasteiger partial charge on any atom is -0.497 e. The molecule has 0 aromatic heterocycles. The Morgan fingerprint density at radius 3 is 2.36 bits per heavy atom. The summed E-state index contributed by atoms with van der Waals surface area (Å²) in [5.74, 6) is 0.0895. The van der Waals surface area contributed by atoms with Gasteiger partial charge in [-0.3, -0.25) is 4.79 Å². The summed E-state index contributed by atoms with van der Waals surface area (Å²) >= 11 is 12.3. The Morgan fingerprint density at radius 1 is 1.11 bits per heavy atom. The Bertz CT molecular complexity index is 974. The zero-order valence-electron chi connectivity index (χ0n) is 14.9. The lowest BCUT2D eigenvalue weighted by Gasteiger charge is -2.26. The summed E-state index contributed by atoms with van der Waals surface area (Å²) in [4.78, 5) is 12.5. The molecule has 0 saturated carbocycles. The minimum atomic E-state index is -3.88. The van der Waals surface area contributed by atoms with E-state index in [0.717, 1.165) is 0 Å². The highest BCUT2D eigenvalue weighted by Crippen LogP contribution is 2.31. The number of ether oxygens (including phenoxy) is 2. The van der Waals surface area contributed by atoms with E-state index in [0.29, 0.717) is 24.7 Å². The van der Waals surface area contributed by atoms with Gasteiger partial charge in [0.1, 0.15) is 10.6 Å². The molecule has 0 spiro atoms. The van der Waals surface area contributed by atoms with Gasteiger partial charge in [0.2, 0.25) is 10.0 Å². The van der Waals surface area contributed by atoms with Crippen LogP contribution in [0.4, 0.5) is 5.69 Å². The second-order valence-electron chi connectivity index (χ2n) is 5.96. The topological polar surface area (TPSA) is 84.9 Å². The number of rotatable bonds is 5. The predicted molar refractivity (Wildman–Crippen MR) is 107 cm³/mol. The fourth-order valence-electron chi connectivity index (χ4n) is 2.70. The number of hydrogen-bond donors (Lipinski definition) is 1. The van der Waals surface area contributed by atoms with Gasteiger partial charge in [-0.1, -0.05) is 23.2 Å². The third-order valence-corrected chi connectivity index (χ3v) is 6.88. The molecule has 1 N–H and O–H groups in total. The Morgan fingerprint density at radius 2 is 1.75 bits per heavy atom. The van der Waals surface area contributed by atoms with E-state index in [1.807, 2.05) is 0 Å². The summed E-state index contributed by atoms with van der Waals surface area (Å²) in [6, 6.07) is 9.16. The van der Waals surface area contributed by atoms with E-state index in [2.05, 4.69) is 5.32 Å². The van der Waals surface area contributed by atoms with E-state index in [9.17, 15) is 13.2 Å². The fourth-order valence-corrected chi connectivity index (χ4v) is 4.94. The second-order valence-corrected chi connectivity index (χ2v) is 8.68. The number of morpholine rings is 1. The molecule has 28 heavy (non-hydrogen) atoms. The van der Waals surface area contributed by atoms with Gasteiger partial charge in [-0.25, -0.2) is 8.42 Å². The summed E-state index contributed by atoms with van der Waals surface area (Å²) in [7, 11) is -2.34. The normalized spacial score (nSPS) is 15.2. The lowest BCUT2D eigenvalue weighted by molar-refractivity contribution is 0.0730. The van der Waals surface area contributed by atoms with Crippen LogP contribution in [0.1, 0.15) is 10.4 Å². The molecule has 150 valence electrons. The number of hydrogen-bond acceptors (Lipinski definition) is 5. The van der Waals surface area contributed by atoms with Crippen molar-refractivity contribution in [1.82, 2.24) is 4.31 Å². The van der Waals surface area contributed by atoms with Gasteiger partial charge in [-0.05, 0) is 36.4 Å². The van der Waals surface area contributed by atoms with Crippen LogP contribution < -0.4 is 10.1 Å². The highest BCUT2D eigenvalue weighted by atomic mass is 35.5. The van der Waals surface area contributed by atoms with Crippen LogP contribution in [0.2, 0.25) is 10.0 Å².